The Hall–Kier alpha value is -1.58. The molecule has 1 saturated heterocycles. The zero-order valence-corrected chi connectivity index (χ0v) is 9.20. The van der Waals surface area contributed by atoms with Gasteiger partial charge in [0.05, 0.1) is 18.4 Å². The summed E-state index contributed by atoms with van der Waals surface area (Å²) in [7, 11) is 1.29. The summed E-state index contributed by atoms with van der Waals surface area (Å²) >= 11 is 0. The second-order valence-electron chi connectivity index (χ2n) is 3.85. The van der Waals surface area contributed by atoms with E-state index in [1.54, 1.807) is 12.1 Å². The minimum absolute atomic E-state index is 0.253. The van der Waals surface area contributed by atoms with Gasteiger partial charge in [-0.3, -0.25) is 0 Å². The van der Waals surface area contributed by atoms with Crippen molar-refractivity contribution in [1.82, 2.24) is 0 Å². The highest BCUT2D eigenvalue weighted by atomic mass is 19.1. The average molecular weight is 223 g/mol. The van der Waals surface area contributed by atoms with E-state index in [2.05, 4.69) is 4.74 Å². The number of carbonyl (C=O) groups is 1. The zero-order valence-electron chi connectivity index (χ0n) is 9.20. The number of carbonyl (C=O) groups excluding carboxylic acids is 1. The van der Waals surface area contributed by atoms with Gasteiger partial charge in [-0.05, 0) is 31.0 Å². The molecule has 1 heterocycles. The van der Waals surface area contributed by atoms with E-state index in [4.69, 9.17) is 0 Å². The van der Waals surface area contributed by atoms with Gasteiger partial charge in [0.25, 0.3) is 0 Å². The van der Waals surface area contributed by atoms with Crippen molar-refractivity contribution in [2.45, 2.75) is 12.8 Å². The van der Waals surface area contributed by atoms with Crippen LogP contribution in [-0.4, -0.2) is 26.2 Å². The Kier molecular flexibility index (Phi) is 3.08. The van der Waals surface area contributed by atoms with E-state index in [0.29, 0.717) is 5.69 Å². The molecule has 0 aromatic heterocycles. The van der Waals surface area contributed by atoms with E-state index in [9.17, 15) is 9.18 Å². The second-order valence-corrected chi connectivity index (χ2v) is 3.85. The number of ether oxygens (including phenoxy) is 1. The number of esters is 1. The van der Waals surface area contributed by atoms with Crippen LogP contribution in [0.2, 0.25) is 0 Å². The third-order valence-electron chi connectivity index (χ3n) is 2.82. The fourth-order valence-corrected chi connectivity index (χ4v) is 1.97. The lowest BCUT2D eigenvalue weighted by Gasteiger charge is -2.18. The average Bonchev–Trinajstić information content (AvgIpc) is 2.81. The van der Waals surface area contributed by atoms with Crippen molar-refractivity contribution in [3.05, 3.63) is 29.6 Å². The summed E-state index contributed by atoms with van der Waals surface area (Å²) in [5.74, 6) is -0.864. The molecule has 2 rings (SSSR count). The summed E-state index contributed by atoms with van der Waals surface area (Å²) in [6, 6.07) is 4.48. The summed E-state index contributed by atoms with van der Waals surface area (Å²) in [5, 5.41) is 0. The summed E-state index contributed by atoms with van der Waals surface area (Å²) in [4.78, 5) is 13.2. The normalized spacial score (nSPS) is 15.2. The minimum Gasteiger partial charge on any atom is -0.465 e. The predicted molar refractivity (Wildman–Crippen MR) is 59.2 cm³/mol. The lowest BCUT2D eigenvalue weighted by atomic mass is 10.2. The molecule has 0 spiro atoms. The molecule has 0 saturated carbocycles. The van der Waals surface area contributed by atoms with Crippen LogP contribution in [-0.2, 0) is 4.74 Å². The maximum absolute atomic E-state index is 13.7. The van der Waals surface area contributed by atoms with Gasteiger partial charge in [-0.1, -0.05) is 0 Å². The maximum atomic E-state index is 13.7. The molecule has 1 fully saturated rings. The number of rotatable bonds is 2. The van der Waals surface area contributed by atoms with Crippen LogP contribution in [0.4, 0.5) is 10.1 Å². The molecule has 0 radical (unpaired) electrons. The molecule has 0 unspecified atom stereocenters. The highest BCUT2D eigenvalue weighted by Gasteiger charge is 2.17. The van der Waals surface area contributed by atoms with Crippen LogP contribution in [0.1, 0.15) is 23.2 Å². The van der Waals surface area contributed by atoms with Gasteiger partial charge in [-0.2, -0.15) is 0 Å². The zero-order chi connectivity index (χ0) is 11.5. The summed E-state index contributed by atoms with van der Waals surface area (Å²) in [6.45, 7) is 1.77. The number of halogens is 1. The molecule has 0 atom stereocenters. The first-order chi connectivity index (χ1) is 7.72. The predicted octanol–water partition coefficient (Wildman–Crippen LogP) is 2.21. The second kappa shape index (κ2) is 4.51. The molecule has 0 bridgehead atoms. The summed E-state index contributed by atoms with van der Waals surface area (Å²) in [6.07, 6.45) is 2.19. The summed E-state index contributed by atoms with van der Waals surface area (Å²) in [5.41, 5.74) is 0.827. The van der Waals surface area contributed by atoms with Crippen LogP contribution >= 0.6 is 0 Å². The van der Waals surface area contributed by atoms with E-state index in [0.717, 1.165) is 25.9 Å². The highest BCUT2D eigenvalue weighted by molar-refractivity contribution is 5.89. The molecule has 4 heteroatoms. The molecule has 1 aliphatic heterocycles. The van der Waals surface area contributed by atoms with Crippen LogP contribution in [0.3, 0.4) is 0 Å². The minimum atomic E-state index is -0.508. The van der Waals surface area contributed by atoms with Crippen molar-refractivity contribution in [2.75, 3.05) is 25.1 Å². The third kappa shape index (κ3) is 2.01. The van der Waals surface area contributed by atoms with Crippen LogP contribution < -0.4 is 4.90 Å². The van der Waals surface area contributed by atoms with Gasteiger partial charge in [0.15, 0.2) is 0 Å². The number of nitrogens with zero attached hydrogens (tertiary/aromatic N) is 1. The summed E-state index contributed by atoms with van der Waals surface area (Å²) < 4.78 is 18.3. The number of hydrogen-bond donors (Lipinski definition) is 0. The fraction of sp³-hybridized carbons (Fsp3) is 0.417. The van der Waals surface area contributed by atoms with Crippen molar-refractivity contribution >= 4 is 11.7 Å². The number of hydrogen-bond acceptors (Lipinski definition) is 3. The standard InChI is InChI=1S/C12H14FNO2/c1-16-12(15)9-4-5-11(10(13)8-9)14-6-2-3-7-14/h4-5,8H,2-3,6-7H2,1H3. The van der Waals surface area contributed by atoms with Crippen molar-refractivity contribution in [2.24, 2.45) is 0 Å². The van der Waals surface area contributed by atoms with E-state index in [1.807, 2.05) is 4.90 Å². The van der Waals surface area contributed by atoms with E-state index < -0.39 is 5.97 Å². The first-order valence-corrected chi connectivity index (χ1v) is 5.35. The van der Waals surface area contributed by atoms with Gasteiger partial charge in [-0.25, -0.2) is 9.18 Å². The Morgan fingerprint density at radius 1 is 1.38 bits per heavy atom. The Labute approximate surface area is 93.8 Å². The molecule has 1 aromatic rings. The maximum Gasteiger partial charge on any atom is 0.337 e. The number of benzene rings is 1. The van der Waals surface area contributed by atoms with Gasteiger partial charge in [0.2, 0.25) is 0 Å². The molecule has 86 valence electrons. The van der Waals surface area contributed by atoms with Crippen molar-refractivity contribution < 1.29 is 13.9 Å². The van der Waals surface area contributed by atoms with E-state index in [-0.39, 0.29) is 11.4 Å². The Balaban J connectivity index is 2.25. The first-order valence-electron chi connectivity index (χ1n) is 5.35. The lowest BCUT2D eigenvalue weighted by Crippen LogP contribution is -2.19. The fourth-order valence-electron chi connectivity index (χ4n) is 1.97. The molecular weight excluding hydrogens is 209 g/mol. The quantitative estimate of drug-likeness (QED) is 0.720. The molecule has 1 aliphatic rings. The largest absolute Gasteiger partial charge is 0.465 e. The van der Waals surface area contributed by atoms with Gasteiger partial charge >= 0.3 is 5.97 Å². The van der Waals surface area contributed by atoms with Crippen molar-refractivity contribution in [1.29, 1.82) is 0 Å². The molecule has 1 aromatic carbocycles. The van der Waals surface area contributed by atoms with Gasteiger partial charge in [0.1, 0.15) is 5.82 Å². The van der Waals surface area contributed by atoms with Crippen molar-refractivity contribution in [3.63, 3.8) is 0 Å². The van der Waals surface area contributed by atoms with Gasteiger partial charge in [-0.15, -0.1) is 0 Å². The number of methoxy groups -OCH3 is 1. The number of anilines is 1. The van der Waals surface area contributed by atoms with E-state index in [1.165, 1.54) is 13.2 Å². The molecular formula is C12H14FNO2. The monoisotopic (exact) mass is 223 g/mol. The van der Waals surface area contributed by atoms with Gasteiger partial charge < -0.3 is 9.64 Å². The van der Waals surface area contributed by atoms with Crippen LogP contribution in [0.5, 0.6) is 0 Å². The molecule has 3 nitrogen and oxygen atoms in total. The SMILES string of the molecule is COC(=O)c1ccc(N2CCCC2)c(F)c1. The van der Waals surface area contributed by atoms with Crippen molar-refractivity contribution in [3.8, 4) is 0 Å². The molecule has 0 amide bonds. The first kappa shape index (κ1) is 10.9. The molecule has 0 N–H and O–H groups in total. The molecule has 0 aliphatic carbocycles. The highest BCUT2D eigenvalue weighted by Crippen LogP contribution is 2.24. The van der Waals surface area contributed by atoms with E-state index >= 15 is 0 Å². The topological polar surface area (TPSA) is 29.5 Å². The smallest absolute Gasteiger partial charge is 0.337 e. The third-order valence-corrected chi connectivity index (χ3v) is 2.82. The molecule has 16 heavy (non-hydrogen) atoms. The Bertz CT molecular complexity index is 400. The van der Waals surface area contributed by atoms with Crippen LogP contribution in [0.15, 0.2) is 18.2 Å². The van der Waals surface area contributed by atoms with Crippen LogP contribution in [0, 0.1) is 5.82 Å². The lowest BCUT2D eigenvalue weighted by molar-refractivity contribution is 0.0600. The van der Waals surface area contributed by atoms with Gasteiger partial charge in [0, 0.05) is 13.1 Å². The Morgan fingerprint density at radius 3 is 2.62 bits per heavy atom. The Morgan fingerprint density at radius 2 is 2.06 bits per heavy atom. The van der Waals surface area contributed by atoms with Crippen LogP contribution in [0.25, 0.3) is 0 Å².